The fourth-order valence-corrected chi connectivity index (χ4v) is 4.35. The second-order valence-corrected chi connectivity index (χ2v) is 8.75. The van der Waals surface area contributed by atoms with Gasteiger partial charge in [-0.25, -0.2) is 4.98 Å². The number of nitrogens with zero attached hydrogens (tertiary/aromatic N) is 3. The maximum atomic E-state index is 13.0. The zero-order chi connectivity index (χ0) is 23.3. The molecule has 0 unspecified atom stereocenters. The molecule has 0 aliphatic carbocycles. The van der Waals surface area contributed by atoms with E-state index >= 15 is 0 Å². The zero-order valence-electron chi connectivity index (χ0n) is 19.3. The number of para-hydroxylation sites is 1. The van der Waals surface area contributed by atoms with Gasteiger partial charge in [-0.15, -0.1) is 0 Å². The highest BCUT2D eigenvalue weighted by Gasteiger charge is 2.13. The maximum Gasteiger partial charge on any atom is 0.228 e. The lowest BCUT2D eigenvalue weighted by Crippen LogP contribution is -2.35. The molecule has 0 saturated carbocycles. The standard InChI is InChI=1S/C28H28N4O2/c1-20-14-24(18-29-17-20)26-9-8-22-5-3-6-23(28(22)31-26)16-27(33)30-25-7-2-4-21(15-25)19-32-10-12-34-13-11-32/h2-9,14-15,17-18H,10-13,16,19H2,1H3,(H,30,33). The molecular weight excluding hydrogens is 424 g/mol. The number of carbonyl (C=O) groups is 1. The van der Waals surface area contributed by atoms with E-state index in [0.29, 0.717) is 0 Å². The second kappa shape index (κ2) is 10.1. The highest BCUT2D eigenvalue weighted by Crippen LogP contribution is 2.24. The fraction of sp³-hybridized carbons (Fsp3) is 0.250. The van der Waals surface area contributed by atoms with Crippen molar-refractivity contribution in [1.29, 1.82) is 0 Å². The lowest BCUT2D eigenvalue weighted by atomic mass is 10.0. The van der Waals surface area contributed by atoms with Crippen LogP contribution in [0.25, 0.3) is 22.2 Å². The van der Waals surface area contributed by atoms with Gasteiger partial charge in [-0.2, -0.15) is 0 Å². The fourth-order valence-electron chi connectivity index (χ4n) is 4.35. The Morgan fingerprint density at radius 2 is 1.88 bits per heavy atom. The van der Waals surface area contributed by atoms with Crippen LogP contribution in [0, 0.1) is 6.92 Å². The lowest BCUT2D eigenvalue weighted by Gasteiger charge is -2.26. The molecule has 0 spiro atoms. The highest BCUT2D eigenvalue weighted by atomic mass is 16.5. The lowest BCUT2D eigenvalue weighted by molar-refractivity contribution is -0.115. The molecule has 1 aliphatic rings. The largest absolute Gasteiger partial charge is 0.379 e. The Balaban J connectivity index is 1.32. The number of aryl methyl sites for hydroxylation is 1. The van der Waals surface area contributed by atoms with Crippen molar-refractivity contribution in [3.8, 4) is 11.3 Å². The summed E-state index contributed by atoms with van der Waals surface area (Å²) in [6.45, 7) is 6.30. The molecule has 0 bridgehead atoms. The number of rotatable bonds is 6. The van der Waals surface area contributed by atoms with E-state index in [1.165, 1.54) is 5.56 Å². The van der Waals surface area contributed by atoms with Gasteiger partial charge in [0.2, 0.25) is 5.91 Å². The Morgan fingerprint density at radius 3 is 2.74 bits per heavy atom. The van der Waals surface area contributed by atoms with Gasteiger partial charge in [0.15, 0.2) is 0 Å². The summed E-state index contributed by atoms with van der Waals surface area (Å²) < 4.78 is 5.43. The van der Waals surface area contributed by atoms with Crippen LogP contribution in [0.4, 0.5) is 5.69 Å². The average Bonchev–Trinajstić information content (AvgIpc) is 2.85. The van der Waals surface area contributed by atoms with Crippen molar-refractivity contribution < 1.29 is 9.53 Å². The average molecular weight is 453 g/mol. The summed E-state index contributed by atoms with van der Waals surface area (Å²) in [7, 11) is 0. The minimum atomic E-state index is -0.0551. The Kier molecular flexibility index (Phi) is 6.60. The van der Waals surface area contributed by atoms with Crippen LogP contribution in [0.2, 0.25) is 0 Å². The predicted molar refractivity (Wildman–Crippen MR) is 135 cm³/mol. The number of ether oxygens (including phenoxy) is 1. The van der Waals surface area contributed by atoms with Crippen LogP contribution in [-0.2, 0) is 22.5 Å². The molecule has 1 fully saturated rings. The second-order valence-electron chi connectivity index (χ2n) is 8.75. The zero-order valence-corrected chi connectivity index (χ0v) is 19.3. The topological polar surface area (TPSA) is 67.4 Å². The number of fused-ring (bicyclic) bond motifs is 1. The van der Waals surface area contributed by atoms with Crippen molar-refractivity contribution >= 4 is 22.5 Å². The number of morpholine rings is 1. The Bertz CT molecular complexity index is 1310. The SMILES string of the molecule is Cc1cncc(-c2ccc3cccc(CC(=O)Nc4cccc(CN5CCOCC5)c4)c3n2)c1. The molecule has 0 radical (unpaired) electrons. The molecule has 4 aromatic rings. The van der Waals surface area contributed by atoms with Gasteiger partial charge in [-0.1, -0.05) is 36.4 Å². The first kappa shape index (κ1) is 22.2. The number of anilines is 1. The Labute approximate surface area is 199 Å². The molecule has 2 aromatic heterocycles. The first-order valence-electron chi connectivity index (χ1n) is 11.6. The summed E-state index contributed by atoms with van der Waals surface area (Å²) in [6.07, 6.45) is 3.91. The molecule has 0 atom stereocenters. The number of benzene rings is 2. The minimum absolute atomic E-state index is 0.0551. The van der Waals surface area contributed by atoms with E-state index in [1.54, 1.807) is 0 Å². The van der Waals surface area contributed by atoms with Crippen LogP contribution >= 0.6 is 0 Å². The van der Waals surface area contributed by atoms with Gasteiger partial charge >= 0.3 is 0 Å². The van der Waals surface area contributed by atoms with E-state index < -0.39 is 0 Å². The van der Waals surface area contributed by atoms with Gasteiger partial charge in [0.25, 0.3) is 0 Å². The summed E-state index contributed by atoms with van der Waals surface area (Å²) in [6, 6.07) is 20.2. The Morgan fingerprint density at radius 1 is 1.03 bits per heavy atom. The summed E-state index contributed by atoms with van der Waals surface area (Å²) in [5.74, 6) is -0.0551. The molecular formula is C28H28N4O2. The van der Waals surface area contributed by atoms with Crippen LogP contribution in [0.1, 0.15) is 16.7 Å². The smallest absolute Gasteiger partial charge is 0.228 e. The van der Waals surface area contributed by atoms with Crippen molar-refractivity contribution in [2.75, 3.05) is 31.6 Å². The predicted octanol–water partition coefficient (Wildman–Crippen LogP) is 4.62. The molecule has 1 amide bonds. The van der Waals surface area contributed by atoms with E-state index in [-0.39, 0.29) is 12.3 Å². The van der Waals surface area contributed by atoms with Gasteiger partial charge in [-0.3, -0.25) is 14.7 Å². The first-order valence-corrected chi connectivity index (χ1v) is 11.6. The number of aromatic nitrogens is 2. The molecule has 34 heavy (non-hydrogen) atoms. The molecule has 6 heteroatoms. The van der Waals surface area contributed by atoms with Crippen molar-refractivity contribution in [3.63, 3.8) is 0 Å². The van der Waals surface area contributed by atoms with Gasteiger partial charge in [0.1, 0.15) is 0 Å². The summed E-state index contributed by atoms with van der Waals surface area (Å²) in [4.78, 5) is 24.5. The van der Waals surface area contributed by atoms with Gasteiger partial charge < -0.3 is 10.1 Å². The Hall–Kier alpha value is -3.61. The van der Waals surface area contributed by atoms with Crippen LogP contribution in [-0.4, -0.2) is 47.1 Å². The van der Waals surface area contributed by atoms with E-state index in [0.717, 1.165) is 71.8 Å². The minimum Gasteiger partial charge on any atom is -0.379 e. The van der Waals surface area contributed by atoms with E-state index in [9.17, 15) is 4.79 Å². The van der Waals surface area contributed by atoms with Crippen LogP contribution < -0.4 is 5.32 Å². The van der Waals surface area contributed by atoms with Crippen LogP contribution in [0.5, 0.6) is 0 Å². The number of pyridine rings is 2. The molecule has 1 aliphatic heterocycles. The molecule has 2 aromatic carbocycles. The van der Waals surface area contributed by atoms with E-state index in [2.05, 4.69) is 39.5 Å². The maximum absolute atomic E-state index is 13.0. The number of nitrogens with one attached hydrogen (secondary N) is 1. The number of hydrogen-bond donors (Lipinski definition) is 1. The van der Waals surface area contributed by atoms with Crippen molar-refractivity contribution in [3.05, 3.63) is 89.7 Å². The van der Waals surface area contributed by atoms with Gasteiger partial charge in [0, 0.05) is 48.7 Å². The van der Waals surface area contributed by atoms with E-state index in [4.69, 9.17) is 9.72 Å². The first-order chi connectivity index (χ1) is 16.6. The summed E-state index contributed by atoms with van der Waals surface area (Å²) in [5, 5.41) is 4.08. The molecule has 172 valence electrons. The molecule has 1 N–H and O–H groups in total. The van der Waals surface area contributed by atoms with Gasteiger partial charge in [-0.05, 0) is 47.9 Å². The third-order valence-corrected chi connectivity index (χ3v) is 6.05. The molecule has 1 saturated heterocycles. The molecule has 3 heterocycles. The highest BCUT2D eigenvalue weighted by molar-refractivity contribution is 5.95. The van der Waals surface area contributed by atoms with E-state index in [1.807, 2.05) is 55.7 Å². The molecule has 6 nitrogen and oxygen atoms in total. The number of hydrogen-bond acceptors (Lipinski definition) is 5. The number of carbonyl (C=O) groups excluding carboxylic acids is 1. The van der Waals surface area contributed by atoms with Crippen molar-refractivity contribution in [2.45, 2.75) is 19.9 Å². The molecule has 5 rings (SSSR count). The van der Waals surface area contributed by atoms with Gasteiger partial charge in [0.05, 0.1) is 30.8 Å². The number of amides is 1. The summed E-state index contributed by atoms with van der Waals surface area (Å²) in [5.41, 5.74) is 6.66. The summed E-state index contributed by atoms with van der Waals surface area (Å²) >= 11 is 0. The third kappa shape index (κ3) is 5.30. The third-order valence-electron chi connectivity index (χ3n) is 6.05. The van der Waals surface area contributed by atoms with Crippen molar-refractivity contribution in [2.24, 2.45) is 0 Å². The van der Waals surface area contributed by atoms with Crippen LogP contribution in [0.15, 0.2) is 73.1 Å². The quantitative estimate of drug-likeness (QED) is 0.462. The monoisotopic (exact) mass is 452 g/mol. The van der Waals surface area contributed by atoms with Crippen molar-refractivity contribution in [1.82, 2.24) is 14.9 Å². The normalized spacial score (nSPS) is 14.3. The van der Waals surface area contributed by atoms with Crippen LogP contribution in [0.3, 0.4) is 0 Å².